The molecule has 1 saturated heterocycles. The molecule has 1 aliphatic heterocycles. The van der Waals surface area contributed by atoms with Crippen molar-refractivity contribution in [2.75, 3.05) is 6.54 Å². The summed E-state index contributed by atoms with van der Waals surface area (Å²) in [7, 11) is 0. The van der Waals surface area contributed by atoms with Crippen molar-refractivity contribution in [3.05, 3.63) is 34.7 Å². The number of carbonyl (C=O) groups is 1. The minimum atomic E-state index is -0.722. The van der Waals surface area contributed by atoms with E-state index in [0.717, 1.165) is 41.6 Å². The Labute approximate surface area is 125 Å². The van der Waals surface area contributed by atoms with E-state index in [1.807, 2.05) is 33.8 Å². The first-order valence-corrected chi connectivity index (χ1v) is 7.53. The van der Waals surface area contributed by atoms with E-state index >= 15 is 0 Å². The van der Waals surface area contributed by atoms with Crippen molar-refractivity contribution in [2.45, 2.75) is 31.8 Å². The molecule has 0 radical (unpaired) electrons. The highest BCUT2D eigenvalue weighted by Gasteiger charge is 2.28. The van der Waals surface area contributed by atoms with Gasteiger partial charge in [-0.05, 0) is 47.4 Å². The summed E-state index contributed by atoms with van der Waals surface area (Å²) in [6.07, 6.45) is 6.58. The standard InChI is InChI=1S/C14H16BrN3O2/c15-10-4-5-13-16-7-11(18(13)8-10)9-17-6-2-1-3-12(17)14(19)20/h4-5,7-8,12H,1-3,6,9H2,(H,19,20). The van der Waals surface area contributed by atoms with E-state index in [-0.39, 0.29) is 6.04 Å². The van der Waals surface area contributed by atoms with Gasteiger partial charge in [0.2, 0.25) is 0 Å². The lowest BCUT2D eigenvalue weighted by Gasteiger charge is -2.32. The number of halogens is 1. The third-order valence-electron chi connectivity index (χ3n) is 3.81. The van der Waals surface area contributed by atoms with Gasteiger partial charge in [-0.3, -0.25) is 9.69 Å². The molecule has 0 saturated carbocycles. The van der Waals surface area contributed by atoms with Crippen LogP contribution in [0.4, 0.5) is 0 Å². The fourth-order valence-corrected chi connectivity index (χ4v) is 3.13. The molecule has 0 amide bonds. The Morgan fingerprint density at radius 3 is 3.10 bits per heavy atom. The van der Waals surface area contributed by atoms with Crippen LogP contribution in [0.5, 0.6) is 0 Å². The molecule has 0 aromatic carbocycles. The SMILES string of the molecule is O=C(O)C1CCCCN1Cc1cnc2ccc(Br)cn12. The van der Waals surface area contributed by atoms with Crippen molar-refractivity contribution in [2.24, 2.45) is 0 Å². The van der Waals surface area contributed by atoms with Gasteiger partial charge < -0.3 is 9.51 Å². The van der Waals surface area contributed by atoms with Crippen molar-refractivity contribution in [1.29, 1.82) is 0 Å². The monoisotopic (exact) mass is 337 g/mol. The van der Waals surface area contributed by atoms with Crippen LogP contribution < -0.4 is 0 Å². The summed E-state index contributed by atoms with van der Waals surface area (Å²) in [4.78, 5) is 17.7. The number of pyridine rings is 1. The van der Waals surface area contributed by atoms with Gasteiger partial charge >= 0.3 is 5.97 Å². The average molecular weight is 338 g/mol. The first-order chi connectivity index (χ1) is 9.65. The summed E-state index contributed by atoms with van der Waals surface area (Å²) in [6.45, 7) is 1.45. The lowest BCUT2D eigenvalue weighted by molar-refractivity contribution is -0.144. The second-order valence-electron chi connectivity index (χ2n) is 5.15. The number of hydrogen-bond donors (Lipinski definition) is 1. The molecule has 1 fully saturated rings. The lowest BCUT2D eigenvalue weighted by Crippen LogP contribution is -2.44. The van der Waals surface area contributed by atoms with E-state index in [9.17, 15) is 9.90 Å². The van der Waals surface area contributed by atoms with E-state index in [2.05, 4.69) is 20.9 Å². The van der Waals surface area contributed by atoms with Crippen molar-refractivity contribution in [3.63, 3.8) is 0 Å². The maximum atomic E-state index is 11.3. The van der Waals surface area contributed by atoms with Crippen LogP contribution in [0.15, 0.2) is 29.0 Å². The molecule has 106 valence electrons. The molecule has 2 aromatic rings. The zero-order valence-corrected chi connectivity index (χ0v) is 12.6. The quantitative estimate of drug-likeness (QED) is 0.934. The molecule has 0 bridgehead atoms. The van der Waals surface area contributed by atoms with Crippen molar-refractivity contribution >= 4 is 27.5 Å². The average Bonchev–Trinajstić information content (AvgIpc) is 2.82. The topological polar surface area (TPSA) is 57.8 Å². The van der Waals surface area contributed by atoms with Gasteiger partial charge in [-0.25, -0.2) is 4.98 Å². The van der Waals surface area contributed by atoms with E-state index in [1.54, 1.807) is 0 Å². The van der Waals surface area contributed by atoms with Gasteiger partial charge in [-0.15, -0.1) is 0 Å². The minimum Gasteiger partial charge on any atom is -0.480 e. The van der Waals surface area contributed by atoms with Gasteiger partial charge in [0.25, 0.3) is 0 Å². The van der Waals surface area contributed by atoms with Crippen molar-refractivity contribution in [1.82, 2.24) is 14.3 Å². The van der Waals surface area contributed by atoms with Crippen molar-refractivity contribution in [3.8, 4) is 0 Å². The molecular formula is C14H16BrN3O2. The Morgan fingerprint density at radius 2 is 2.30 bits per heavy atom. The molecule has 3 heterocycles. The molecule has 1 aliphatic rings. The first kappa shape index (κ1) is 13.6. The highest BCUT2D eigenvalue weighted by atomic mass is 79.9. The lowest BCUT2D eigenvalue weighted by atomic mass is 10.0. The highest BCUT2D eigenvalue weighted by Crippen LogP contribution is 2.21. The van der Waals surface area contributed by atoms with Crippen molar-refractivity contribution < 1.29 is 9.90 Å². The highest BCUT2D eigenvalue weighted by molar-refractivity contribution is 9.10. The maximum absolute atomic E-state index is 11.3. The summed E-state index contributed by atoms with van der Waals surface area (Å²) >= 11 is 3.46. The largest absolute Gasteiger partial charge is 0.480 e. The second kappa shape index (κ2) is 5.54. The number of imidazole rings is 1. The molecule has 2 aromatic heterocycles. The molecule has 0 aliphatic carbocycles. The van der Waals surface area contributed by atoms with Crippen LogP contribution in [0.1, 0.15) is 25.0 Å². The number of likely N-dealkylation sites (tertiary alicyclic amines) is 1. The zero-order valence-electron chi connectivity index (χ0n) is 11.0. The Balaban J connectivity index is 1.88. The summed E-state index contributed by atoms with van der Waals surface area (Å²) in [5.41, 5.74) is 1.90. The van der Waals surface area contributed by atoms with Crippen LogP contribution in [0.25, 0.3) is 5.65 Å². The van der Waals surface area contributed by atoms with Gasteiger partial charge in [0.05, 0.1) is 11.9 Å². The fraction of sp³-hybridized carbons (Fsp3) is 0.429. The van der Waals surface area contributed by atoms with Crippen LogP contribution in [-0.2, 0) is 11.3 Å². The smallest absolute Gasteiger partial charge is 0.320 e. The molecule has 1 atom stereocenters. The number of nitrogens with zero attached hydrogens (tertiary/aromatic N) is 3. The van der Waals surface area contributed by atoms with Gasteiger partial charge in [0.1, 0.15) is 11.7 Å². The molecule has 0 spiro atoms. The number of aliphatic carboxylic acids is 1. The Kier molecular flexibility index (Phi) is 3.76. The number of rotatable bonds is 3. The Bertz CT molecular complexity index is 640. The maximum Gasteiger partial charge on any atom is 0.320 e. The number of hydrogen-bond acceptors (Lipinski definition) is 3. The third-order valence-corrected chi connectivity index (χ3v) is 4.28. The van der Waals surface area contributed by atoms with Crippen LogP contribution in [0, 0.1) is 0 Å². The van der Waals surface area contributed by atoms with E-state index in [4.69, 9.17) is 0 Å². The number of fused-ring (bicyclic) bond motifs is 1. The van der Waals surface area contributed by atoms with Gasteiger partial charge in [0, 0.05) is 17.2 Å². The van der Waals surface area contributed by atoms with Crippen LogP contribution in [-0.4, -0.2) is 37.9 Å². The van der Waals surface area contributed by atoms with Crippen LogP contribution >= 0.6 is 15.9 Å². The molecule has 5 nitrogen and oxygen atoms in total. The van der Waals surface area contributed by atoms with Gasteiger partial charge in [-0.2, -0.15) is 0 Å². The first-order valence-electron chi connectivity index (χ1n) is 6.73. The number of aromatic nitrogens is 2. The molecule has 1 N–H and O–H groups in total. The normalized spacial score (nSPS) is 20.4. The van der Waals surface area contributed by atoms with E-state index in [1.165, 1.54) is 0 Å². The summed E-state index contributed by atoms with van der Waals surface area (Å²) in [5, 5.41) is 9.32. The Hall–Kier alpha value is -1.40. The zero-order chi connectivity index (χ0) is 14.1. The van der Waals surface area contributed by atoms with Gasteiger partial charge in [-0.1, -0.05) is 6.42 Å². The summed E-state index contributed by atoms with van der Waals surface area (Å²) in [6, 6.07) is 3.52. The number of piperidine rings is 1. The minimum absolute atomic E-state index is 0.374. The molecule has 3 rings (SSSR count). The number of carboxylic acid groups (broad SMARTS) is 1. The molecular weight excluding hydrogens is 322 g/mol. The van der Waals surface area contributed by atoms with Crippen LogP contribution in [0.3, 0.4) is 0 Å². The predicted molar refractivity (Wildman–Crippen MR) is 78.6 cm³/mol. The summed E-state index contributed by atoms with van der Waals surface area (Å²) < 4.78 is 3.00. The molecule has 1 unspecified atom stereocenters. The van der Waals surface area contributed by atoms with Crippen LogP contribution in [0.2, 0.25) is 0 Å². The fourth-order valence-electron chi connectivity index (χ4n) is 2.79. The van der Waals surface area contributed by atoms with E-state index in [0.29, 0.717) is 6.54 Å². The molecule has 6 heteroatoms. The predicted octanol–water partition coefficient (Wildman–Crippen LogP) is 2.54. The Morgan fingerprint density at radius 1 is 1.45 bits per heavy atom. The van der Waals surface area contributed by atoms with E-state index < -0.39 is 5.97 Å². The summed E-state index contributed by atoms with van der Waals surface area (Å²) in [5.74, 6) is -0.722. The molecule has 20 heavy (non-hydrogen) atoms. The second-order valence-corrected chi connectivity index (χ2v) is 6.06. The third kappa shape index (κ3) is 2.58. The van der Waals surface area contributed by atoms with Gasteiger partial charge in [0.15, 0.2) is 0 Å². The number of carboxylic acids is 1.